The number of rotatable bonds is 4. The van der Waals surface area contributed by atoms with Gasteiger partial charge in [0.15, 0.2) is 11.6 Å². The Labute approximate surface area is 155 Å². The van der Waals surface area contributed by atoms with Crippen molar-refractivity contribution in [2.45, 2.75) is 25.8 Å². The Morgan fingerprint density at radius 2 is 2.19 bits per heavy atom. The molecular formula is C20H21FN3OS+. The van der Waals surface area contributed by atoms with Crippen LogP contribution in [-0.4, -0.2) is 24.0 Å². The number of hydrogen-bond acceptors (Lipinski definition) is 3. The van der Waals surface area contributed by atoms with E-state index in [1.54, 1.807) is 23.5 Å². The summed E-state index contributed by atoms with van der Waals surface area (Å²) in [5.41, 5.74) is 2.10. The van der Waals surface area contributed by atoms with Crippen molar-refractivity contribution in [3.05, 3.63) is 58.9 Å². The van der Waals surface area contributed by atoms with Crippen molar-refractivity contribution >= 4 is 33.1 Å². The molecule has 1 fully saturated rings. The van der Waals surface area contributed by atoms with Crippen LogP contribution in [0.15, 0.2) is 42.5 Å². The van der Waals surface area contributed by atoms with Crippen LogP contribution in [0.4, 0.5) is 10.1 Å². The highest BCUT2D eigenvalue weighted by atomic mass is 32.1. The molecule has 2 atom stereocenters. The molecule has 1 aromatic heterocycles. The molecule has 26 heavy (non-hydrogen) atoms. The Morgan fingerprint density at radius 1 is 1.35 bits per heavy atom. The van der Waals surface area contributed by atoms with E-state index < -0.39 is 5.82 Å². The fourth-order valence-corrected chi connectivity index (χ4v) is 4.74. The molecule has 0 radical (unpaired) electrons. The van der Waals surface area contributed by atoms with Gasteiger partial charge in [-0.2, -0.15) is 0 Å². The molecule has 0 aliphatic carbocycles. The van der Waals surface area contributed by atoms with Gasteiger partial charge in [0.2, 0.25) is 0 Å². The average molecular weight is 370 g/mol. The van der Waals surface area contributed by atoms with E-state index in [0.29, 0.717) is 6.54 Å². The van der Waals surface area contributed by atoms with Crippen molar-refractivity contribution in [1.82, 2.24) is 4.98 Å². The molecule has 1 aliphatic heterocycles. The zero-order chi connectivity index (χ0) is 18.1. The summed E-state index contributed by atoms with van der Waals surface area (Å²) in [6.45, 7) is 3.09. The molecule has 0 saturated carbocycles. The number of likely N-dealkylation sites (tertiary alicyclic amines) is 1. The maximum atomic E-state index is 14.0. The molecule has 4 nitrogen and oxygen atoms in total. The quantitative estimate of drug-likeness (QED) is 0.741. The molecule has 6 heteroatoms. The molecule has 2 N–H and O–H groups in total. The second kappa shape index (κ2) is 7.13. The number of anilines is 1. The van der Waals surface area contributed by atoms with Crippen molar-refractivity contribution in [2.75, 3.05) is 18.4 Å². The highest BCUT2D eigenvalue weighted by Gasteiger charge is 2.34. The third kappa shape index (κ3) is 3.48. The first-order chi connectivity index (χ1) is 12.6. The van der Waals surface area contributed by atoms with Gasteiger partial charge in [-0.25, -0.2) is 9.37 Å². The fraction of sp³-hybridized carbons (Fsp3) is 0.300. The van der Waals surface area contributed by atoms with E-state index in [4.69, 9.17) is 4.98 Å². The Hall–Kier alpha value is -2.31. The number of aryl methyl sites for hydroxylation is 1. The second-order valence-electron chi connectivity index (χ2n) is 6.83. The number of nitrogens with one attached hydrogen (secondary N) is 2. The van der Waals surface area contributed by atoms with Crippen molar-refractivity contribution in [3.8, 4) is 0 Å². The first-order valence-electron chi connectivity index (χ1n) is 8.86. The summed E-state index contributed by atoms with van der Waals surface area (Å²) in [5, 5.41) is 3.80. The van der Waals surface area contributed by atoms with Crippen LogP contribution in [0, 0.1) is 12.7 Å². The van der Waals surface area contributed by atoms with Crippen LogP contribution in [0.5, 0.6) is 0 Å². The zero-order valence-corrected chi connectivity index (χ0v) is 15.4. The van der Waals surface area contributed by atoms with E-state index in [1.807, 2.05) is 25.1 Å². The minimum Gasteiger partial charge on any atom is -0.319 e. The number of para-hydroxylation sites is 1. The van der Waals surface area contributed by atoms with Gasteiger partial charge >= 0.3 is 0 Å². The van der Waals surface area contributed by atoms with Crippen molar-refractivity contribution in [2.24, 2.45) is 0 Å². The van der Waals surface area contributed by atoms with Gasteiger partial charge in [-0.3, -0.25) is 4.79 Å². The van der Waals surface area contributed by atoms with E-state index in [0.717, 1.165) is 35.5 Å². The molecule has 0 bridgehead atoms. The third-order valence-corrected chi connectivity index (χ3v) is 6.03. The van der Waals surface area contributed by atoms with Gasteiger partial charge in [0.25, 0.3) is 5.91 Å². The summed E-state index contributed by atoms with van der Waals surface area (Å²) in [7, 11) is 0. The molecule has 2 heterocycles. The number of nitrogens with zero attached hydrogens (tertiary/aromatic N) is 1. The molecule has 1 aliphatic rings. The largest absolute Gasteiger partial charge is 0.319 e. The van der Waals surface area contributed by atoms with E-state index in [9.17, 15) is 9.18 Å². The standard InChI is InChI=1S/C20H20FN3OS/c1-13-8-9-15(14(21)11-13)22-19(25)12-24-10-4-6-17(24)20-23-16-5-2-3-7-18(16)26-20/h2-3,5,7-9,11,17H,4,6,10,12H2,1H3,(H,22,25)/p+1/t17-/m1/s1. The predicted molar refractivity (Wildman–Crippen MR) is 102 cm³/mol. The minimum absolute atomic E-state index is 0.157. The van der Waals surface area contributed by atoms with Gasteiger partial charge in [-0.05, 0) is 36.8 Å². The number of carbonyl (C=O) groups is 1. The SMILES string of the molecule is Cc1ccc(NC(=O)C[NH+]2CCC[C@@H]2c2nc3ccccc3s2)c(F)c1. The van der Waals surface area contributed by atoms with Gasteiger partial charge in [0, 0.05) is 12.8 Å². The average Bonchev–Trinajstić information content (AvgIpc) is 3.23. The van der Waals surface area contributed by atoms with Crippen molar-refractivity contribution in [3.63, 3.8) is 0 Å². The summed E-state index contributed by atoms with van der Waals surface area (Å²) >= 11 is 1.71. The molecule has 1 unspecified atom stereocenters. The normalized spacial score (nSPS) is 19.8. The van der Waals surface area contributed by atoms with Crippen LogP contribution in [0.2, 0.25) is 0 Å². The second-order valence-corrected chi connectivity index (χ2v) is 7.89. The number of hydrogen-bond donors (Lipinski definition) is 2. The van der Waals surface area contributed by atoms with E-state index >= 15 is 0 Å². The first-order valence-corrected chi connectivity index (χ1v) is 9.68. The number of fused-ring (bicyclic) bond motifs is 1. The highest BCUT2D eigenvalue weighted by molar-refractivity contribution is 7.18. The van der Waals surface area contributed by atoms with Crippen LogP contribution in [0.1, 0.15) is 29.5 Å². The van der Waals surface area contributed by atoms with Crippen LogP contribution >= 0.6 is 11.3 Å². The molecular weight excluding hydrogens is 349 g/mol. The molecule has 1 amide bonds. The summed E-state index contributed by atoms with van der Waals surface area (Å²) < 4.78 is 15.1. The summed E-state index contributed by atoms with van der Waals surface area (Å²) in [6, 6.07) is 13.2. The molecule has 0 spiro atoms. The Balaban J connectivity index is 1.47. The smallest absolute Gasteiger partial charge is 0.279 e. The first kappa shape index (κ1) is 17.1. The molecule has 3 aromatic rings. The number of amides is 1. The van der Waals surface area contributed by atoms with Gasteiger partial charge in [0.05, 0.1) is 22.4 Å². The summed E-state index contributed by atoms with van der Waals surface area (Å²) in [4.78, 5) is 18.4. The number of thiazole rings is 1. The van der Waals surface area contributed by atoms with Gasteiger partial charge in [-0.1, -0.05) is 18.2 Å². The van der Waals surface area contributed by atoms with E-state index in [1.165, 1.54) is 15.7 Å². The fourth-order valence-electron chi connectivity index (χ4n) is 3.58. The van der Waals surface area contributed by atoms with Gasteiger partial charge in [0.1, 0.15) is 11.9 Å². The lowest BCUT2D eigenvalue weighted by Gasteiger charge is -2.19. The molecule has 1 saturated heterocycles. The Morgan fingerprint density at radius 3 is 3.00 bits per heavy atom. The monoisotopic (exact) mass is 370 g/mol. The summed E-state index contributed by atoms with van der Waals surface area (Å²) in [6.07, 6.45) is 2.10. The van der Waals surface area contributed by atoms with Crippen LogP contribution in [-0.2, 0) is 4.79 Å². The number of quaternary nitrogens is 1. The Bertz CT molecular complexity index is 922. The number of aromatic nitrogens is 1. The Kier molecular flexibility index (Phi) is 4.70. The summed E-state index contributed by atoms with van der Waals surface area (Å²) in [5.74, 6) is -0.548. The highest BCUT2D eigenvalue weighted by Crippen LogP contribution is 2.28. The van der Waals surface area contributed by atoms with Crippen LogP contribution < -0.4 is 10.2 Å². The van der Waals surface area contributed by atoms with Crippen LogP contribution in [0.3, 0.4) is 0 Å². The van der Waals surface area contributed by atoms with Gasteiger partial charge < -0.3 is 10.2 Å². The maximum Gasteiger partial charge on any atom is 0.279 e. The predicted octanol–water partition coefficient (Wildman–Crippen LogP) is 3.10. The number of carbonyl (C=O) groups excluding carboxylic acids is 1. The maximum absolute atomic E-state index is 14.0. The lowest BCUT2D eigenvalue weighted by Crippen LogP contribution is -3.11. The van der Waals surface area contributed by atoms with Crippen molar-refractivity contribution in [1.29, 1.82) is 0 Å². The third-order valence-electron chi connectivity index (χ3n) is 4.88. The zero-order valence-electron chi connectivity index (χ0n) is 14.6. The molecule has 4 rings (SSSR count). The van der Waals surface area contributed by atoms with Crippen molar-refractivity contribution < 1.29 is 14.1 Å². The lowest BCUT2D eigenvalue weighted by molar-refractivity contribution is -0.910. The minimum atomic E-state index is -0.391. The lowest BCUT2D eigenvalue weighted by atomic mass is 10.2. The number of benzene rings is 2. The topological polar surface area (TPSA) is 46.4 Å². The molecule has 2 aromatic carbocycles. The van der Waals surface area contributed by atoms with E-state index in [-0.39, 0.29) is 17.6 Å². The van der Waals surface area contributed by atoms with Crippen LogP contribution in [0.25, 0.3) is 10.2 Å². The number of halogens is 1. The van der Waals surface area contributed by atoms with E-state index in [2.05, 4.69) is 11.4 Å². The van der Waals surface area contributed by atoms with Gasteiger partial charge in [-0.15, -0.1) is 11.3 Å². The molecule has 134 valence electrons.